The van der Waals surface area contributed by atoms with Crippen LogP contribution in [0.2, 0.25) is 0 Å². The molecule has 1 heterocycles. The zero-order chi connectivity index (χ0) is 17.4. The van der Waals surface area contributed by atoms with E-state index in [-0.39, 0.29) is 18.0 Å². The topological polar surface area (TPSA) is 62.2 Å². The van der Waals surface area contributed by atoms with Crippen molar-refractivity contribution in [1.29, 1.82) is 0 Å². The third-order valence-corrected chi connectivity index (χ3v) is 5.15. The van der Waals surface area contributed by atoms with Crippen molar-refractivity contribution < 1.29 is 19.4 Å². The van der Waals surface area contributed by atoms with Crippen LogP contribution in [0.15, 0.2) is 0 Å². The maximum atomic E-state index is 12.2. The number of hydrogen-bond donors (Lipinski definition) is 1. The Labute approximate surface area is 144 Å². The van der Waals surface area contributed by atoms with Gasteiger partial charge in [0.1, 0.15) is 0 Å². The number of piperazine rings is 1. The Morgan fingerprint density at radius 2 is 1.74 bits per heavy atom. The summed E-state index contributed by atoms with van der Waals surface area (Å²) in [5.41, 5.74) is 0. The van der Waals surface area contributed by atoms with E-state index in [4.69, 9.17) is 5.26 Å². The first-order valence-corrected chi connectivity index (χ1v) is 9.40. The van der Waals surface area contributed by atoms with Crippen LogP contribution in [-0.4, -0.2) is 58.4 Å². The van der Waals surface area contributed by atoms with Gasteiger partial charge in [-0.05, 0) is 31.2 Å². The summed E-state index contributed by atoms with van der Waals surface area (Å²) in [6, 6.07) is 0.572. The van der Waals surface area contributed by atoms with Gasteiger partial charge in [0.15, 0.2) is 0 Å². The van der Waals surface area contributed by atoms with Gasteiger partial charge in [-0.3, -0.25) is 9.69 Å². The molecule has 0 aromatic heterocycles. The van der Waals surface area contributed by atoms with E-state index in [0.29, 0.717) is 11.8 Å². The van der Waals surface area contributed by atoms with E-state index in [9.17, 15) is 4.79 Å². The first-order chi connectivity index (χ1) is 10.9. The summed E-state index contributed by atoms with van der Waals surface area (Å²) in [7, 11) is 0. The Hall–Kier alpha value is -0.340. The summed E-state index contributed by atoms with van der Waals surface area (Å²) in [6.07, 6.45) is 2.07. The molecular formula is C16H32N2O4S. The minimum atomic E-state index is 0.194. The highest BCUT2D eigenvalue weighted by Gasteiger charge is 2.38. The molecule has 6 nitrogen and oxygen atoms in total. The third-order valence-electron chi connectivity index (χ3n) is 4.54. The Kier molecular flexibility index (Phi) is 9.46. The van der Waals surface area contributed by atoms with Crippen molar-refractivity contribution in [2.75, 3.05) is 25.4 Å². The second-order valence-electron chi connectivity index (χ2n) is 6.98. The summed E-state index contributed by atoms with van der Waals surface area (Å²) in [6.45, 7) is 13.4. The molecule has 0 radical (unpaired) electrons. The first kappa shape index (κ1) is 20.7. The van der Waals surface area contributed by atoms with E-state index in [1.165, 1.54) is 0 Å². The minimum absolute atomic E-state index is 0.194. The normalized spacial score (nSPS) is 23.0. The fraction of sp³-hybridized carbons (Fsp3) is 0.938. The second kappa shape index (κ2) is 10.5. The smallest absolute Gasteiger partial charge is 0.220 e. The Morgan fingerprint density at radius 3 is 2.17 bits per heavy atom. The van der Waals surface area contributed by atoms with Crippen LogP contribution in [0.3, 0.4) is 0 Å². The molecule has 2 unspecified atom stereocenters. The molecule has 0 saturated carbocycles. The maximum Gasteiger partial charge on any atom is 0.220 e. The molecule has 0 bridgehead atoms. The van der Waals surface area contributed by atoms with Gasteiger partial charge in [-0.1, -0.05) is 32.7 Å². The Balaban J connectivity index is 2.57. The van der Waals surface area contributed by atoms with Gasteiger partial charge in [-0.2, -0.15) is 0 Å². The summed E-state index contributed by atoms with van der Waals surface area (Å²) in [5.74, 6) is 1.89. The number of nitrogens with zero attached hydrogens (tertiary/aromatic N) is 2. The summed E-state index contributed by atoms with van der Waals surface area (Å²) < 4.78 is 4.38. The molecule has 7 heteroatoms. The molecule has 1 aliphatic heterocycles. The molecule has 1 aliphatic rings. The molecule has 0 aromatic rings. The highest BCUT2D eigenvalue weighted by atomic mass is 32.2. The van der Waals surface area contributed by atoms with Gasteiger partial charge in [-0.15, -0.1) is 4.33 Å². The molecule has 136 valence electrons. The predicted octanol–water partition coefficient (Wildman–Crippen LogP) is 3.05. The monoisotopic (exact) mass is 348 g/mol. The average Bonchev–Trinajstić information content (AvgIpc) is 2.49. The van der Waals surface area contributed by atoms with Crippen LogP contribution in [0.1, 0.15) is 47.5 Å². The summed E-state index contributed by atoms with van der Waals surface area (Å²) >= 11 is 1.11. The van der Waals surface area contributed by atoms with E-state index in [2.05, 4.69) is 46.9 Å². The molecule has 1 amide bonds. The van der Waals surface area contributed by atoms with Crippen molar-refractivity contribution >= 4 is 17.9 Å². The number of hydrogen-bond acceptors (Lipinski definition) is 6. The van der Waals surface area contributed by atoms with Crippen LogP contribution in [0.4, 0.5) is 0 Å². The number of carbonyl (C=O) groups excluding carboxylic acids is 1. The van der Waals surface area contributed by atoms with Gasteiger partial charge in [0.25, 0.3) is 0 Å². The minimum Gasteiger partial charge on any atom is -0.334 e. The molecule has 23 heavy (non-hydrogen) atoms. The quantitative estimate of drug-likeness (QED) is 0.299. The van der Waals surface area contributed by atoms with Crippen molar-refractivity contribution in [1.82, 2.24) is 9.80 Å². The van der Waals surface area contributed by atoms with E-state index >= 15 is 0 Å². The Bertz CT molecular complexity index is 337. The van der Waals surface area contributed by atoms with E-state index < -0.39 is 0 Å². The predicted molar refractivity (Wildman–Crippen MR) is 92.7 cm³/mol. The van der Waals surface area contributed by atoms with Crippen LogP contribution >= 0.6 is 12.0 Å². The van der Waals surface area contributed by atoms with Gasteiger partial charge < -0.3 is 4.90 Å². The van der Waals surface area contributed by atoms with Gasteiger partial charge in [0.2, 0.25) is 5.91 Å². The summed E-state index contributed by atoms with van der Waals surface area (Å²) in [5, 5.41) is 11.6. The lowest BCUT2D eigenvalue weighted by Crippen LogP contribution is -2.63. The zero-order valence-corrected chi connectivity index (χ0v) is 15.8. The number of amides is 1. The first-order valence-electron chi connectivity index (χ1n) is 8.49. The molecule has 1 saturated heterocycles. The van der Waals surface area contributed by atoms with Gasteiger partial charge in [-0.25, -0.2) is 5.26 Å². The third kappa shape index (κ3) is 6.58. The molecule has 1 rings (SSSR count). The molecule has 0 aromatic carbocycles. The lowest BCUT2D eigenvalue weighted by atomic mass is 9.91. The molecule has 1 fully saturated rings. The fourth-order valence-corrected chi connectivity index (χ4v) is 3.72. The molecule has 0 aliphatic carbocycles. The Morgan fingerprint density at radius 1 is 1.17 bits per heavy atom. The average molecular weight is 349 g/mol. The highest BCUT2D eigenvalue weighted by Crippen LogP contribution is 2.26. The van der Waals surface area contributed by atoms with E-state index in [0.717, 1.165) is 50.3 Å². The van der Waals surface area contributed by atoms with Crippen LogP contribution in [0.25, 0.3) is 0 Å². The maximum absolute atomic E-state index is 12.2. The van der Waals surface area contributed by atoms with Gasteiger partial charge in [0.05, 0.1) is 0 Å². The lowest BCUT2D eigenvalue weighted by molar-refractivity contribution is -0.432. The van der Waals surface area contributed by atoms with Gasteiger partial charge >= 0.3 is 0 Å². The van der Waals surface area contributed by atoms with Crippen LogP contribution < -0.4 is 0 Å². The fourth-order valence-electron chi connectivity index (χ4n) is 3.29. The van der Waals surface area contributed by atoms with Crippen LogP contribution in [0.5, 0.6) is 0 Å². The van der Waals surface area contributed by atoms with E-state index in [1.807, 2.05) is 0 Å². The molecule has 0 spiro atoms. The highest BCUT2D eigenvalue weighted by molar-refractivity contribution is 7.94. The van der Waals surface area contributed by atoms with Crippen molar-refractivity contribution in [3.8, 4) is 0 Å². The SMILES string of the molecule is CC(=O)N1C(C(C)C)CN(CCCCSOOO)CC1C(C)C. The van der Waals surface area contributed by atoms with Crippen LogP contribution in [0, 0.1) is 11.8 Å². The molecule has 2 atom stereocenters. The van der Waals surface area contributed by atoms with Crippen LogP contribution in [-0.2, 0) is 14.2 Å². The standard InChI is InChI=1S/C16H32N2O4S/c1-12(2)15-10-17(8-6-7-9-23-22-21-20)11-16(13(3)4)18(15)14(5)19/h12-13,15-16,20H,6-11H2,1-5H3. The van der Waals surface area contributed by atoms with Crippen molar-refractivity contribution in [3.05, 3.63) is 0 Å². The largest absolute Gasteiger partial charge is 0.334 e. The van der Waals surface area contributed by atoms with E-state index in [1.54, 1.807) is 6.92 Å². The second-order valence-corrected chi connectivity index (χ2v) is 7.76. The zero-order valence-electron chi connectivity index (χ0n) is 15.0. The number of rotatable bonds is 9. The molecule has 1 N–H and O–H groups in total. The number of unbranched alkanes of at least 4 members (excludes halogenated alkanes) is 1. The lowest BCUT2D eigenvalue weighted by Gasteiger charge is -2.49. The van der Waals surface area contributed by atoms with Crippen molar-refractivity contribution in [2.24, 2.45) is 11.8 Å². The van der Waals surface area contributed by atoms with Crippen molar-refractivity contribution in [3.63, 3.8) is 0 Å². The summed E-state index contributed by atoms with van der Waals surface area (Å²) in [4.78, 5) is 16.8. The van der Waals surface area contributed by atoms with Crippen molar-refractivity contribution in [2.45, 2.75) is 59.5 Å². The number of carbonyl (C=O) groups is 1. The molecular weight excluding hydrogens is 316 g/mol. The van der Waals surface area contributed by atoms with Gasteiger partial charge in [0, 0.05) is 49.9 Å².